The van der Waals surface area contributed by atoms with Crippen molar-refractivity contribution in [2.75, 3.05) is 13.2 Å². The van der Waals surface area contributed by atoms with Crippen molar-refractivity contribution in [3.8, 4) is 0 Å². The van der Waals surface area contributed by atoms with Gasteiger partial charge in [0.25, 0.3) is 0 Å². The fourth-order valence-corrected chi connectivity index (χ4v) is 6.58. The molecule has 0 heterocycles. The Balaban J connectivity index is 4.58. The summed E-state index contributed by atoms with van der Waals surface area (Å²) < 4.78 is 16.7. The highest BCUT2D eigenvalue weighted by Crippen LogP contribution is 2.11. The van der Waals surface area contributed by atoms with Crippen LogP contribution in [0.2, 0.25) is 0 Å². The minimum atomic E-state index is -0.828. The molecule has 6 nitrogen and oxygen atoms in total. The standard InChI is InChI=1S/C59H94O6/c1-4-7-10-13-16-19-22-25-28-30-32-34-37-40-43-46-49-52-58(61)64-55-56(54-63-57(60)51-48-45-42-39-36-33-27-24-21-18-15-12-9-6-3)65-59(62)53-50-47-44-41-38-35-31-29-26-23-20-17-14-11-8-5-2/h8-9,11-12,17-18,20-21,25-29,32-35,38,40,43,56H,4-7,10,13-16,19,22-24,30-31,36-37,39,41-42,44-55H2,1-3H3/b11-8-,12-9-,20-17-,21-18-,28-25-,29-26-,33-27-,34-32-,38-35-,43-40-. The number of esters is 3. The second-order valence-electron chi connectivity index (χ2n) is 16.7. The van der Waals surface area contributed by atoms with Crippen LogP contribution in [0, 0.1) is 0 Å². The van der Waals surface area contributed by atoms with E-state index >= 15 is 0 Å². The zero-order chi connectivity index (χ0) is 47.2. The summed E-state index contributed by atoms with van der Waals surface area (Å²) in [6.07, 6.45) is 71.9. The van der Waals surface area contributed by atoms with E-state index in [1.165, 1.54) is 44.9 Å². The molecular weight excluding hydrogens is 805 g/mol. The second-order valence-corrected chi connectivity index (χ2v) is 16.7. The maximum atomic E-state index is 12.8. The van der Waals surface area contributed by atoms with Crippen molar-refractivity contribution in [3.05, 3.63) is 122 Å². The van der Waals surface area contributed by atoms with Gasteiger partial charge in [0.2, 0.25) is 0 Å². The van der Waals surface area contributed by atoms with Gasteiger partial charge in [-0.15, -0.1) is 0 Å². The lowest BCUT2D eigenvalue weighted by Crippen LogP contribution is -2.30. The Hall–Kier alpha value is -4.19. The molecule has 6 heteroatoms. The van der Waals surface area contributed by atoms with Crippen molar-refractivity contribution < 1.29 is 28.6 Å². The van der Waals surface area contributed by atoms with E-state index in [1.54, 1.807) is 0 Å². The first-order valence-corrected chi connectivity index (χ1v) is 26.0. The van der Waals surface area contributed by atoms with Crippen molar-refractivity contribution in [3.63, 3.8) is 0 Å². The topological polar surface area (TPSA) is 78.9 Å². The minimum Gasteiger partial charge on any atom is -0.462 e. The predicted molar refractivity (Wildman–Crippen MR) is 279 cm³/mol. The van der Waals surface area contributed by atoms with Crippen LogP contribution in [0.4, 0.5) is 0 Å². The largest absolute Gasteiger partial charge is 0.462 e. The summed E-state index contributed by atoms with van der Waals surface area (Å²) in [4.78, 5) is 38.0. The number of hydrogen-bond acceptors (Lipinski definition) is 6. The lowest BCUT2D eigenvalue weighted by molar-refractivity contribution is -0.167. The number of ether oxygens (including phenoxy) is 3. The van der Waals surface area contributed by atoms with E-state index < -0.39 is 6.10 Å². The zero-order valence-electron chi connectivity index (χ0n) is 41.7. The Morgan fingerprint density at radius 1 is 0.323 bits per heavy atom. The van der Waals surface area contributed by atoms with Crippen LogP contribution in [0.15, 0.2) is 122 Å². The molecule has 1 atom stereocenters. The van der Waals surface area contributed by atoms with Gasteiger partial charge >= 0.3 is 17.9 Å². The smallest absolute Gasteiger partial charge is 0.306 e. The highest BCUT2D eigenvalue weighted by Gasteiger charge is 2.19. The summed E-state index contributed by atoms with van der Waals surface area (Å²) in [6, 6.07) is 0. The van der Waals surface area contributed by atoms with E-state index in [9.17, 15) is 14.4 Å². The van der Waals surface area contributed by atoms with Gasteiger partial charge in [0.1, 0.15) is 13.2 Å². The molecule has 0 aliphatic carbocycles. The number of carbonyl (C=O) groups excluding carboxylic acids is 3. The zero-order valence-corrected chi connectivity index (χ0v) is 41.7. The van der Waals surface area contributed by atoms with Gasteiger partial charge in [-0.1, -0.05) is 194 Å². The van der Waals surface area contributed by atoms with Crippen molar-refractivity contribution in [1.29, 1.82) is 0 Å². The van der Waals surface area contributed by atoms with Crippen molar-refractivity contribution in [2.24, 2.45) is 0 Å². The first-order chi connectivity index (χ1) is 32.0. The lowest BCUT2D eigenvalue weighted by Gasteiger charge is -2.18. The van der Waals surface area contributed by atoms with Gasteiger partial charge in [-0.2, -0.15) is 0 Å². The quantitative estimate of drug-likeness (QED) is 0.0262. The molecule has 0 aliphatic rings. The van der Waals surface area contributed by atoms with Crippen LogP contribution in [0.5, 0.6) is 0 Å². The van der Waals surface area contributed by atoms with E-state index in [1.807, 2.05) is 0 Å². The Bertz CT molecular complexity index is 1400. The van der Waals surface area contributed by atoms with Gasteiger partial charge in [-0.05, 0) is 122 Å². The maximum absolute atomic E-state index is 12.8. The lowest BCUT2D eigenvalue weighted by atomic mass is 10.1. The first-order valence-electron chi connectivity index (χ1n) is 26.0. The Kier molecular flexibility index (Phi) is 49.1. The molecule has 65 heavy (non-hydrogen) atoms. The SMILES string of the molecule is CC/C=C\C/C=C\C/C=C\C/C=C\CCCCCC(=O)OC(COC(=O)CCC/C=C\C/C=C\C/C=C\CCCCCCCC)COC(=O)CCCCCC/C=C\C/C=C\C/C=C\CC. The van der Waals surface area contributed by atoms with Gasteiger partial charge in [0, 0.05) is 19.3 Å². The van der Waals surface area contributed by atoms with Crippen molar-refractivity contribution in [1.82, 2.24) is 0 Å². The average molecular weight is 899 g/mol. The van der Waals surface area contributed by atoms with Gasteiger partial charge < -0.3 is 14.2 Å². The summed E-state index contributed by atoms with van der Waals surface area (Å²) in [7, 11) is 0. The normalized spacial score (nSPS) is 13.1. The van der Waals surface area contributed by atoms with Crippen LogP contribution in [-0.2, 0) is 28.6 Å². The van der Waals surface area contributed by atoms with E-state index in [-0.39, 0.29) is 44.0 Å². The molecule has 0 spiro atoms. The average Bonchev–Trinajstić information content (AvgIpc) is 3.30. The summed E-state index contributed by atoms with van der Waals surface area (Å²) in [6.45, 7) is 6.29. The molecule has 1 unspecified atom stereocenters. The molecule has 0 bridgehead atoms. The predicted octanol–water partition coefficient (Wildman–Crippen LogP) is 17.3. The third-order valence-corrected chi connectivity index (χ3v) is 10.4. The number of unbranched alkanes of at least 4 members (excludes halogenated alkanes) is 14. The molecular formula is C59H94O6. The molecule has 366 valence electrons. The van der Waals surface area contributed by atoms with Crippen molar-refractivity contribution in [2.45, 2.75) is 219 Å². The van der Waals surface area contributed by atoms with E-state index in [4.69, 9.17) is 14.2 Å². The van der Waals surface area contributed by atoms with Crippen LogP contribution in [0.25, 0.3) is 0 Å². The van der Waals surface area contributed by atoms with Crippen LogP contribution >= 0.6 is 0 Å². The molecule has 0 N–H and O–H groups in total. The highest BCUT2D eigenvalue weighted by atomic mass is 16.6. The molecule has 0 aromatic rings. The van der Waals surface area contributed by atoms with Gasteiger partial charge in [0.05, 0.1) is 0 Å². The summed E-state index contributed by atoms with van der Waals surface area (Å²) in [5, 5.41) is 0. The van der Waals surface area contributed by atoms with Gasteiger partial charge in [-0.25, -0.2) is 0 Å². The number of carbonyl (C=O) groups is 3. The number of rotatable bonds is 45. The molecule has 0 radical (unpaired) electrons. The molecule has 0 rings (SSSR count). The Morgan fingerprint density at radius 2 is 0.615 bits per heavy atom. The third kappa shape index (κ3) is 50.7. The van der Waals surface area contributed by atoms with Gasteiger partial charge in [0.15, 0.2) is 6.10 Å². The minimum absolute atomic E-state index is 0.122. The Labute approximate surface area is 399 Å². The first kappa shape index (κ1) is 60.8. The van der Waals surface area contributed by atoms with E-state index in [0.29, 0.717) is 19.3 Å². The van der Waals surface area contributed by atoms with Crippen LogP contribution < -0.4 is 0 Å². The monoisotopic (exact) mass is 899 g/mol. The molecule has 0 aliphatic heterocycles. The third-order valence-electron chi connectivity index (χ3n) is 10.4. The van der Waals surface area contributed by atoms with Crippen LogP contribution in [-0.4, -0.2) is 37.2 Å². The molecule has 0 fully saturated rings. The van der Waals surface area contributed by atoms with Crippen LogP contribution in [0.1, 0.15) is 213 Å². The molecule has 0 aromatic carbocycles. The van der Waals surface area contributed by atoms with Gasteiger partial charge in [-0.3, -0.25) is 14.4 Å². The van der Waals surface area contributed by atoms with E-state index in [2.05, 4.69) is 142 Å². The summed E-state index contributed by atoms with van der Waals surface area (Å²) in [5.41, 5.74) is 0. The number of hydrogen-bond donors (Lipinski definition) is 0. The molecule has 0 aromatic heterocycles. The molecule has 0 amide bonds. The van der Waals surface area contributed by atoms with E-state index in [0.717, 1.165) is 116 Å². The summed E-state index contributed by atoms with van der Waals surface area (Å²) >= 11 is 0. The van der Waals surface area contributed by atoms with Crippen molar-refractivity contribution >= 4 is 17.9 Å². The second kappa shape index (κ2) is 52.4. The highest BCUT2D eigenvalue weighted by molar-refractivity contribution is 5.71. The van der Waals surface area contributed by atoms with Crippen LogP contribution in [0.3, 0.4) is 0 Å². The fraction of sp³-hybridized carbons (Fsp3) is 0.610. The molecule has 0 saturated heterocycles. The number of allylic oxidation sites excluding steroid dienone is 20. The summed E-state index contributed by atoms with van der Waals surface area (Å²) in [5.74, 6) is -1.04. The molecule has 0 saturated carbocycles. The fourth-order valence-electron chi connectivity index (χ4n) is 6.58. The maximum Gasteiger partial charge on any atom is 0.306 e. The Morgan fingerprint density at radius 3 is 1.02 bits per heavy atom.